The van der Waals surface area contributed by atoms with Crippen LogP contribution in [0.15, 0.2) is 59.6 Å². The molecule has 0 aliphatic carbocycles. The number of nitrogens with zero attached hydrogens (tertiary/aromatic N) is 4. The Bertz CT molecular complexity index is 1290. The van der Waals surface area contributed by atoms with Gasteiger partial charge in [0.25, 0.3) is 0 Å². The Morgan fingerprint density at radius 1 is 1.11 bits per heavy atom. The van der Waals surface area contributed by atoms with Crippen LogP contribution in [0.4, 0.5) is 4.39 Å². The van der Waals surface area contributed by atoms with Gasteiger partial charge in [0.2, 0.25) is 15.7 Å². The summed E-state index contributed by atoms with van der Waals surface area (Å²) >= 11 is 6.13. The quantitative estimate of drug-likeness (QED) is 0.566. The third kappa shape index (κ3) is 3.05. The van der Waals surface area contributed by atoms with Gasteiger partial charge in [0.05, 0.1) is 10.6 Å². The zero-order valence-corrected chi connectivity index (χ0v) is 15.1. The maximum atomic E-state index is 14.7. The Morgan fingerprint density at radius 3 is 2.70 bits per heavy atom. The molecule has 2 aromatic heterocycles. The Balaban J connectivity index is 2.09. The van der Waals surface area contributed by atoms with Gasteiger partial charge in [-0.15, -0.1) is 5.10 Å². The Kier molecular flexibility index (Phi) is 4.14. The average molecular weight is 404 g/mol. The van der Waals surface area contributed by atoms with E-state index >= 15 is 0 Å². The number of primary sulfonamides is 1. The molecular formula is C17H11ClFN5O2S. The van der Waals surface area contributed by atoms with Crippen molar-refractivity contribution in [2.45, 2.75) is 4.90 Å². The molecule has 0 radical (unpaired) electrons. The van der Waals surface area contributed by atoms with E-state index in [-0.39, 0.29) is 16.0 Å². The predicted octanol–water partition coefficient (Wildman–Crippen LogP) is 2.92. The van der Waals surface area contributed by atoms with Crippen LogP contribution < -0.4 is 5.14 Å². The van der Waals surface area contributed by atoms with Crippen molar-refractivity contribution in [2.75, 3.05) is 0 Å². The highest BCUT2D eigenvalue weighted by molar-refractivity contribution is 7.89. The number of rotatable bonds is 3. The summed E-state index contributed by atoms with van der Waals surface area (Å²) in [6.07, 6.45) is 1.57. The standard InChI is InChI=1S/C17H11ClFN5O2S/c18-10-6-7-11(16-12(19)3-1-5-15(16)27(20,25)26)14(9-10)24-13-4-2-8-21-17(13)22-23-24/h1-9H,(H2,20,25,26). The number of hydrogen-bond acceptors (Lipinski definition) is 5. The van der Waals surface area contributed by atoms with E-state index in [1.165, 1.54) is 35.0 Å². The first-order valence-electron chi connectivity index (χ1n) is 7.64. The lowest BCUT2D eigenvalue weighted by Crippen LogP contribution is -2.14. The summed E-state index contributed by atoms with van der Waals surface area (Å²) in [5.41, 5.74) is 1.35. The molecule has 7 nitrogen and oxygen atoms in total. The Labute approximate surface area is 158 Å². The molecule has 10 heteroatoms. The van der Waals surface area contributed by atoms with Crippen LogP contribution in [0.3, 0.4) is 0 Å². The molecule has 2 aromatic carbocycles. The lowest BCUT2D eigenvalue weighted by atomic mass is 10.0. The van der Waals surface area contributed by atoms with Gasteiger partial charge in [0.15, 0.2) is 0 Å². The molecular weight excluding hydrogens is 393 g/mol. The first-order valence-corrected chi connectivity index (χ1v) is 9.57. The van der Waals surface area contributed by atoms with Gasteiger partial charge in [-0.3, -0.25) is 0 Å². The molecule has 0 fully saturated rings. The molecule has 136 valence electrons. The van der Waals surface area contributed by atoms with E-state index in [0.717, 1.165) is 6.07 Å². The van der Waals surface area contributed by atoms with Crippen LogP contribution in [-0.2, 0) is 10.0 Å². The van der Waals surface area contributed by atoms with Crippen LogP contribution in [0.1, 0.15) is 0 Å². The molecule has 27 heavy (non-hydrogen) atoms. The zero-order valence-electron chi connectivity index (χ0n) is 13.5. The number of aromatic nitrogens is 4. The number of fused-ring (bicyclic) bond motifs is 1. The maximum Gasteiger partial charge on any atom is 0.238 e. The van der Waals surface area contributed by atoms with Crippen molar-refractivity contribution in [2.24, 2.45) is 5.14 Å². The minimum Gasteiger partial charge on any atom is -0.234 e. The Morgan fingerprint density at radius 2 is 1.93 bits per heavy atom. The zero-order chi connectivity index (χ0) is 19.2. The van der Waals surface area contributed by atoms with Gasteiger partial charge in [0, 0.05) is 22.3 Å². The predicted molar refractivity (Wildman–Crippen MR) is 98.4 cm³/mol. The second kappa shape index (κ2) is 6.38. The van der Waals surface area contributed by atoms with Crippen LogP contribution in [0.5, 0.6) is 0 Å². The van der Waals surface area contributed by atoms with Crippen molar-refractivity contribution in [3.8, 4) is 16.8 Å². The van der Waals surface area contributed by atoms with Crippen LogP contribution in [0.25, 0.3) is 28.0 Å². The van der Waals surface area contributed by atoms with E-state index in [0.29, 0.717) is 21.9 Å². The van der Waals surface area contributed by atoms with Crippen LogP contribution >= 0.6 is 11.6 Å². The molecule has 0 bridgehead atoms. The van der Waals surface area contributed by atoms with Crippen molar-refractivity contribution in [3.05, 3.63) is 65.6 Å². The van der Waals surface area contributed by atoms with Crippen molar-refractivity contribution < 1.29 is 12.8 Å². The van der Waals surface area contributed by atoms with E-state index in [2.05, 4.69) is 15.3 Å². The lowest BCUT2D eigenvalue weighted by molar-refractivity contribution is 0.593. The highest BCUT2D eigenvalue weighted by Gasteiger charge is 2.23. The normalized spacial score (nSPS) is 11.8. The third-order valence-electron chi connectivity index (χ3n) is 3.96. The van der Waals surface area contributed by atoms with Gasteiger partial charge in [-0.1, -0.05) is 28.9 Å². The summed E-state index contributed by atoms with van der Waals surface area (Å²) < 4.78 is 40.1. The van der Waals surface area contributed by atoms with E-state index < -0.39 is 15.8 Å². The van der Waals surface area contributed by atoms with E-state index in [9.17, 15) is 12.8 Å². The highest BCUT2D eigenvalue weighted by atomic mass is 35.5. The number of halogens is 2. The van der Waals surface area contributed by atoms with Crippen LogP contribution in [-0.4, -0.2) is 28.4 Å². The molecule has 0 amide bonds. The molecule has 2 N–H and O–H groups in total. The van der Waals surface area contributed by atoms with Crippen molar-refractivity contribution in [3.63, 3.8) is 0 Å². The summed E-state index contributed by atoms with van der Waals surface area (Å²) in [5, 5.41) is 13.7. The van der Waals surface area contributed by atoms with Crippen LogP contribution in [0, 0.1) is 5.82 Å². The fourth-order valence-electron chi connectivity index (χ4n) is 2.84. The van der Waals surface area contributed by atoms with Crippen LogP contribution in [0.2, 0.25) is 5.02 Å². The smallest absolute Gasteiger partial charge is 0.234 e. The van der Waals surface area contributed by atoms with Crippen molar-refractivity contribution >= 4 is 32.8 Å². The first kappa shape index (κ1) is 17.5. The van der Waals surface area contributed by atoms with Gasteiger partial charge in [-0.25, -0.2) is 27.6 Å². The second-order valence-electron chi connectivity index (χ2n) is 5.67. The molecule has 0 saturated heterocycles. The minimum absolute atomic E-state index is 0.167. The summed E-state index contributed by atoms with van der Waals surface area (Å²) in [6.45, 7) is 0. The highest BCUT2D eigenvalue weighted by Crippen LogP contribution is 2.35. The molecule has 4 rings (SSSR count). The summed E-state index contributed by atoms with van der Waals surface area (Å²) in [4.78, 5) is 3.77. The maximum absolute atomic E-state index is 14.7. The third-order valence-corrected chi connectivity index (χ3v) is 5.15. The Hall–Kier alpha value is -2.88. The summed E-state index contributed by atoms with van der Waals surface area (Å²) in [6, 6.07) is 11.7. The number of nitrogens with two attached hydrogens (primary N) is 1. The molecule has 0 atom stereocenters. The topological polar surface area (TPSA) is 104 Å². The van der Waals surface area contributed by atoms with Gasteiger partial charge in [-0.2, -0.15) is 0 Å². The first-order chi connectivity index (χ1) is 12.9. The van der Waals surface area contributed by atoms with E-state index in [1.807, 2.05) is 0 Å². The fraction of sp³-hybridized carbons (Fsp3) is 0. The number of hydrogen-bond donors (Lipinski definition) is 1. The van der Waals surface area contributed by atoms with Gasteiger partial charge < -0.3 is 0 Å². The summed E-state index contributed by atoms with van der Waals surface area (Å²) in [7, 11) is -4.17. The molecule has 2 heterocycles. The lowest BCUT2D eigenvalue weighted by Gasteiger charge is -2.14. The fourth-order valence-corrected chi connectivity index (χ4v) is 3.76. The second-order valence-corrected chi connectivity index (χ2v) is 7.63. The van der Waals surface area contributed by atoms with Gasteiger partial charge >= 0.3 is 0 Å². The largest absolute Gasteiger partial charge is 0.238 e. The SMILES string of the molecule is NS(=O)(=O)c1cccc(F)c1-c1ccc(Cl)cc1-n1nnc2ncccc21. The molecule has 0 aliphatic heterocycles. The number of pyridine rings is 1. The number of sulfonamides is 1. The van der Waals surface area contributed by atoms with E-state index in [4.69, 9.17) is 16.7 Å². The number of benzene rings is 2. The summed E-state index contributed by atoms with van der Waals surface area (Å²) in [5.74, 6) is -0.743. The monoisotopic (exact) mass is 403 g/mol. The minimum atomic E-state index is -4.17. The van der Waals surface area contributed by atoms with E-state index in [1.54, 1.807) is 18.3 Å². The van der Waals surface area contributed by atoms with Crippen molar-refractivity contribution in [1.82, 2.24) is 20.0 Å². The molecule has 0 spiro atoms. The molecule has 4 aromatic rings. The molecule has 0 unspecified atom stereocenters. The molecule has 0 saturated carbocycles. The van der Waals surface area contributed by atoms with Gasteiger partial charge in [0.1, 0.15) is 11.3 Å². The van der Waals surface area contributed by atoms with Crippen molar-refractivity contribution in [1.29, 1.82) is 0 Å². The molecule has 0 aliphatic rings. The van der Waals surface area contributed by atoms with Gasteiger partial charge in [-0.05, 0) is 36.4 Å². The average Bonchev–Trinajstić information content (AvgIpc) is 3.05.